The summed E-state index contributed by atoms with van der Waals surface area (Å²) in [7, 11) is 0. The topological polar surface area (TPSA) is 76.7 Å². The summed E-state index contributed by atoms with van der Waals surface area (Å²) in [6, 6.07) is 5.33. The number of rotatable bonds is 7. The van der Waals surface area contributed by atoms with E-state index in [0.717, 1.165) is 8.95 Å². The van der Waals surface area contributed by atoms with Gasteiger partial charge >= 0.3 is 0 Å². The Morgan fingerprint density at radius 1 is 1.19 bits per heavy atom. The van der Waals surface area contributed by atoms with Crippen molar-refractivity contribution in [1.82, 2.24) is 10.9 Å². The summed E-state index contributed by atoms with van der Waals surface area (Å²) in [4.78, 5) is 22.9. The molecule has 0 unspecified atom stereocenters. The van der Waals surface area contributed by atoms with Gasteiger partial charge in [0.15, 0.2) is 6.61 Å². The van der Waals surface area contributed by atoms with E-state index in [-0.39, 0.29) is 18.9 Å². The van der Waals surface area contributed by atoms with Gasteiger partial charge in [-0.25, -0.2) is 0 Å². The molecule has 0 aromatic heterocycles. The third kappa shape index (κ3) is 7.45. The summed E-state index contributed by atoms with van der Waals surface area (Å²) < 4.78 is 12.0. The summed E-state index contributed by atoms with van der Waals surface area (Å²) in [6.07, 6.45) is 0.188. The molecule has 0 aliphatic carbocycles. The fraction of sp³-hybridized carbons (Fsp3) is 0.385. The second kappa shape index (κ2) is 9.75. The quantitative estimate of drug-likeness (QED) is 0.520. The second-order valence-electron chi connectivity index (χ2n) is 3.91. The van der Waals surface area contributed by atoms with Crippen molar-refractivity contribution in [3.05, 3.63) is 27.1 Å². The third-order valence-electron chi connectivity index (χ3n) is 2.27. The lowest BCUT2D eigenvalue weighted by Crippen LogP contribution is -2.44. The molecule has 0 aliphatic rings. The molecule has 0 fully saturated rings. The van der Waals surface area contributed by atoms with E-state index in [4.69, 9.17) is 9.47 Å². The van der Waals surface area contributed by atoms with Crippen LogP contribution in [-0.4, -0.2) is 31.6 Å². The zero-order valence-electron chi connectivity index (χ0n) is 11.4. The number of hydrazine groups is 1. The normalized spacial score (nSPS) is 10.0. The monoisotopic (exact) mass is 422 g/mol. The van der Waals surface area contributed by atoms with Crippen molar-refractivity contribution in [1.29, 1.82) is 0 Å². The van der Waals surface area contributed by atoms with E-state index in [9.17, 15) is 9.59 Å². The molecule has 21 heavy (non-hydrogen) atoms. The predicted molar refractivity (Wildman–Crippen MR) is 84.7 cm³/mol. The van der Waals surface area contributed by atoms with E-state index >= 15 is 0 Å². The molecule has 0 aliphatic heterocycles. The Morgan fingerprint density at radius 3 is 2.57 bits per heavy atom. The molecule has 8 heteroatoms. The van der Waals surface area contributed by atoms with Crippen LogP contribution in [0, 0.1) is 0 Å². The molecule has 116 valence electrons. The highest BCUT2D eigenvalue weighted by Gasteiger charge is 2.07. The number of carbonyl (C=O) groups excluding carboxylic acids is 2. The highest BCUT2D eigenvalue weighted by atomic mass is 79.9. The van der Waals surface area contributed by atoms with Crippen molar-refractivity contribution in [2.45, 2.75) is 13.3 Å². The van der Waals surface area contributed by atoms with Gasteiger partial charge in [0.1, 0.15) is 5.75 Å². The van der Waals surface area contributed by atoms with Crippen LogP contribution in [0.3, 0.4) is 0 Å². The van der Waals surface area contributed by atoms with Crippen LogP contribution in [0.5, 0.6) is 5.75 Å². The minimum atomic E-state index is -0.449. The van der Waals surface area contributed by atoms with Gasteiger partial charge in [0, 0.05) is 11.1 Å². The minimum absolute atomic E-state index is 0.188. The highest BCUT2D eigenvalue weighted by molar-refractivity contribution is 9.11. The molecule has 1 rings (SSSR count). The molecule has 0 bridgehead atoms. The van der Waals surface area contributed by atoms with Crippen molar-refractivity contribution in [3.8, 4) is 5.75 Å². The SMILES string of the molecule is CCOCCC(=O)NNC(=O)COc1ccc(Br)cc1Br. The average Bonchev–Trinajstić information content (AvgIpc) is 2.44. The second-order valence-corrected chi connectivity index (χ2v) is 5.68. The van der Waals surface area contributed by atoms with Gasteiger partial charge in [-0.15, -0.1) is 0 Å². The number of hydrogen-bond acceptors (Lipinski definition) is 4. The Morgan fingerprint density at radius 2 is 1.90 bits per heavy atom. The highest BCUT2D eigenvalue weighted by Crippen LogP contribution is 2.27. The molecule has 1 aromatic carbocycles. The van der Waals surface area contributed by atoms with E-state index in [1.165, 1.54) is 0 Å². The molecule has 0 heterocycles. The van der Waals surface area contributed by atoms with Gasteiger partial charge in [-0.2, -0.15) is 0 Å². The fourth-order valence-corrected chi connectivity index (χ4v) is 2.44. The standard InChI is InChI=1S/C13H16Br2N2O4/c1-2-20-6-5-12(18)16-17-13(19)8-21-11-4-3-9(14)7-10(11)15/h3-4,7H,2,5-6,8H2,1H3,(H,16,18)(H,17,19). The first-order valence-electron chi connectivity index (χ1n) is 6.26. The van der Waals surface area contributed by atoms with Crippen LogP contribution in [-0.2, 0) is 14.3 Å². The van der Waals surface area contributed by atoms with Crippen LogP contribution in [0.1, 0.15) is 13.3 Å². The Hall–Kier alpha value is -1.12. The molecule has 0 spiro atoms. The van der Waals surface area contributed by atoms with Crippen LogP contribution in [0.25, 0.3) is 0 Å². The zero-order chi connectivity index (χ0) is 15.7. The van der Waals surface area contributed by atoms with Crippen molar-refractivity contribution >= 4 is 43.7 Å². The first-order chi connectivity index (χ1) is 10.0. The summed E-state index contributed by atoms with van der Waals surface area (Å²) in [5, 5.41) is 0. The van der Waals surface area contributed by atoms with Crippen molar-refractivity contribution in [2.75, 3.05) is 19.8 Å². The maximum absolute atomic E-state index is 11.5. The molecule has 2 N–H and O–H groups in total. The molecule has 0 atom stereocenters. The van der Waals surface area contributed by atoms with Gasteiger partial charge in [0.25, 0.3) is 5.91 Å². The number of ether oxygens (including phenoxy) is 2. The van der Waals surface area contributed by atoms with E-state index in [1.54, 1.807) is 12.1 Å². The summed E-state index contributed by atoms with van der Waals surface area (Å²) in [5.41, 5.74) is 4.55. The fourth-order valence-electron chi connectivity index (χ4n) is 1.28. The van der Waals surface area contributed by atoms with Crippen LogP contribution >= 0.6 is 31.9 Å². The number of amides is 2. The maximum Gasteiger partial charge on any atom is 0.276 e. The lowest BCUT2D eigenvalue weighted by Gasteiger charge is -2.10. The maximum atomic E-state index is 11.5. The van der Waals surface area contributed by atoms with Gasteiger partial charge in [-0.1, -0.05) is 15.9 Å². The average molecular weight is 424 g/mol. The molecule has 6 nitrogen and oxygen atoms in total. The van der Waals surface area contributed by atoms with Crippen LogP contribution in [0.15, 0.2) is 27.1 Å². The molecular formula is C13H16Br2N2O4. The molecule has 0 radical (unpaired) electrons. The first-order valence-corrected chi connectivity index (χ1v) is 7.84. The van der Waals surface area contributed by atoms with Crippen LogP contribution in [0.4, 0.5) is 0 Å². The Balaban J connectivity index is 2.26. The van der Waals surface area contributed by atoms with E-state index in [1.807, 2.05) is 13.0 Å². The number of nitrogens with one attached hydrogen (secondary N) is 2. The van der Waals surface area contributed by atoms with Crippen LogP contribution < -0.4 is 15.6 Å². The Bertz CT molecular complexity index is 497. The van der Waals surface area contributed by atoms with Crippen LogP contribution in [0.2, 0.25) is 0 Å². The van der Waals surface area contributed by atoms with Gasteiger partial charge in [-0.3, -0.25) is 20.4 Å². The van der Waals surface area contributed by atoms with Crippen molar-refractivity contribution < 1.29 is 19.1 Å². The van der Waals surface area contributed by atoms with Crippen molar-refractivity contribution in [2.24, 2.45) is 0 Å². The predicted octanol–water partition coefficient (Wildman–Crippen LogP) is 2.16. The molecule has 2 amide bonds. The van der Waals surface area contributed by atoms with Gasteiger partial charge in [0.2, 0.25) is 5.91 Å². The Labute approximate surface area is 139 Å². The summed E-state index contributed by atoms with van der Waals surface area (Å²) in [5.74, 6) is -0.229. The molecule has 1 aromatic rings. The number of halogens is 2. The smallest absolute Gasteiger partial charge is 0.276 e. The van der Waals surface area contributed by atoms with Gasteiger partial charge in [0.05, 0.1) is 17.5 Å². The third-order valence-corrected chi connectivity index (χ3v) is 3.38. The minimum Gasteiger partial charge on any atom is -0.483 e. The van der Waals surface area contributed by atoms with E-state index < -0.39 is 5.91 Å². The number of benzene rings is 1. The lowest BCUT2D eigenvalue weighted by atomic mass is 10.3. The molecular weight excluding hydrogens is 408 g/mol. The number of carbonyl (C=O) groups is 2. The van der Waals surface area contributed by atoms with Crippen molar-refractivity contribution in [3.63, 3.8) is 0 Å². The van der Waals surface area contributed by atoms with Gasteiger partial charge in [-0.05, 0) is 41.1 Å². The first kappa shape index (κ1) is 17.9. The van der Waals surface area contributed by atoms with E-state index in [2.05, 4.69) is 42.7 Å². The largest absolute Gasteiger partial charge is 0.483 e. The Kier molecular flexibility index (Phi) is 8.33. The number of hydrogen-bond donors (Lipinski definition) is 2. The lowest BCUT2D eigenvalue weighted by molar-refractivity contribution is -0.130. The van der Waals surface area contributed by atoms with E-state index in [0.29, 0.717) is 19.0 Å². The molecule has 0 saturated heterocycles. The summed E-state index contributed by atoms with van der Waals surface area (Å²) in [6.45, 7) is 2.51. The van der Waals surface area contributed by atoms with Gasteiger partial charge < -0.3 is 9.47 Å². The zero-order valence-corrected chi connectivity index (χ0v) is 14.6. The summed E-state index contributed by atoms with van der Waals surface area (Å²) >= 11 is 6.64. The molecule has 0 saturated carbocycles.